The summed E-state index contributed by atoms with van der Waals surface area (Å²) in [7, 11) is 0. The van der Waals surface area contributed by atoms with Crippen LogP contribution in [0, 0.1) is 0 Å². The number of carbonyl (C=O) groups excluding carboxylic acids is 2. The molecule has 0 aliphatic carbocycles. The van der Waals surface area contributed by atoms with Gasteiger partial charge in [-0.15, -0.1) is 11.8 Å². The summed E-state index contributed by atoms with van der Waals surface area (Å²) in [5, 5.41) is 11.0. The van der Waals surface area contributed by atoms with Gasteiger partial charge in [0.25, 0.3) is 0 Å². The highest BCUT2D eigenvalue weighted by molar-refractivity contribution is 8.14. The van der Waals surface area contributed by atoms with Crippen molar-refractivity contribution >= 4 is 28.7 Å². The number of hydrogen-bond donors (Lipinski definition) is 1. The minimum Gasteiger partial charge on any atom is -0.507 e. The van der Waals surface area contributed by atoms with Crippen LogP contribution in [0.4, 0.5) is 0 Å². The zero-order valence-electron chi connectivity index (χ0n) is 17.2. The van der Waals surface area contributed by atoms with Gasteiger partial charge in [-0.3, -0.25) is 9.79 Å². The molecule has 2 rings (SSSR count). The number of phenolic OH excluding ortho intramolecular Hbond substituents is 1. The molecule has 1 N–H and O–H groups in total. The number of esters is 2. The summed E-state index contributed by atoms with van der Waals surface area (Å²) in [4.78, 5) is 27.9. The molecule has 1 aliphatic rings. The number of rotatable bonds is 11. The molecule has 0 amide bonds. The summed E-state index contributed by atoms with van der Waals surface area (Å²) in [5.41, 5.74) is -0.355. The van der Waals surface area contributed by atoms with Gasteiger partial charge in [-0.1, -0.05) is 0 Å². The van der Waals surface area contributed by atoms with Crippen LogP contribution >= 0.6 is 11.8 Å². The molecule has 0 saturated carbocycles. The maximum absolute atomic E-state index is 12.1. The van der Waals surface area contributed by atoms with E-state index >= 15 is 0 Å². The molecule has 0 spiro atoms. The van der Waals surface area contributed by atoms with Crippen LogP contribution < -0.4 is 4.74 Å². The normalized spacial score (nSPS) is 18.2. The van der Waals surface area contributed by atoms with Crippen molar-refractivity contribution in [2.24, 2.45) is 4.99 Å². The molecule has 1 aliphatic heterocycles. The van der Waals surface area contributed by atoms with E-state index in [1.54, 1.807) is 39.0 Å². The molecule has 29 heavy (non-hydrogen) atoms. The average molecular weight is 424 g/mol. The third-order valence-electron chi connectivity index (χ3n) is 4.35. The van der Waals surface area contributed by atoms with E-state index in [0.29, 0.717) is 48.4 Å². The second kappa shape index (κ2) is 11.1. The van der Waals surface area contributed by atoms with Gasteiger partial charge >= 0.3 is 11.9 Å². The highest BCUT2D eigenvalue weighted by Gasteiger charge is 2.40. The quantitative estimate of drug-likeness (QED) is 0.428. The highest BCUT2D eigenvalue weighted by atomic mass is 32.2. The van der Waals surface area contributed by atoms with Crippen molar-refractivity contribution in [2.45, 2.75) is 52.0 Å². The van der Waals surface area contributed by atoms with Crippen LogP contribution in [-0.4, -0.2) is 53.2 Å². The fourth-order valence-corrected chi connectivity index (χ4v) is 3.97. The Balaban J connectivity index is 1.84. The van der Waals surface area contributed by atoms with Crippen LogP contribution in [0.25, 0.3) is 0 Å². The van der Waals surface area contributed by atoms with Crippen LogP contribution in [0.3, 0.4) is 0 Å². The van der Waals surface area contributed by atoms with E-state index < -0.39 is 5.54 Å². The number of unbranched alkanes of at least 4 members (excludes halogenated alkanes) is 2. The molecule has 8 heteroatoms. The van der Waals surface area contributed by atoms with E-state index in [4.69, 9.17) is 14.2 Å². The fourth-order valence-electron chi connectivity index (χ4n) is 2.78. The van der Waals surface area contributed by atoms with Crippen LogP contribution in [0.1, 0.15) is 52.0 Å². The Labute approximate surface area is 175 Å². The predicted octanol–water partition coefficient (Wildman–Crippen LogP) is 3.71. The number of benzene rings is 1. The Morgan fingerprint density at radius 1 is 1.17 bits per heavy atom. The van der Waals surface area contributed by atoms with Crippen molar-refractivity contribution in [3.63, 3.8) is 0 Å². The number of carbonyl (C=O) groups is 2. The summed E-state index contributed by atoms with van der Waals surface area (Å²) in [6, 6.07) is 5.07. The molecule has 0 saturated heterocycles. The number of hydrogen-bond acceptors (Lipinski definition) is 8. The van der Waals surface area contributed by atoms with Crippen molar-refractivity contribution < 1.29 is 28.9 Å². The van der Waals surface area contributed by atoms with Crippen LogP contribution in [0.2, 0.25) is 0 Å². The number of thioether (sulfide) groups is 1. The number of aromatic hydroxyl groups is 1. The smallest absolute Gasteiger partial charge is 0.334 e. The lowest BCUT2D eigenvalue weighted by atomic mass is 10.1. The minimum atomic E-state index is -0.929. The Bertz CT molecular complexity index is 751. The average Bonchev–Trinajstić information content (AvgIpc) is 3.08. The van der Waals surface area contributed by atoms with E-state index in [1.807, 2.05) is 0 Å². The van der Waals surface area contributed by atoms with Gasteiger partial charge in [-0.25, -0.2) is 4.79 Å². The highest BCUT2D eigenvalue weighted by Crippen LogP contribution is 2.36. The van der Waals surface area contributed by atoms with Crippen LogP contribution in [0.15, 0.2) is 23.2 Å². The number of aliphatic imine (C=N–C) groups is 1. The van der Waals surface area contributed by atoms with Crippen molar-refractivity contribution in [1.82, 2.24) is 0 Å². The standard InChI is InChI=1S/C21H29NO6S/c1-4-26-18(24)9-7-6-8-12-28-15-10-11-16(17(23)13-15)19-22-21(3,14-29-19)20(25)27-5-2/h10-11,13,23H,4-9,12,14H2,1-3H3/t21-/m1/s1. The molecule has 0 unspecified atom stereocenters. The zero-order chi connectivity index (χ0) is 21.3. The third-order valence-corrected chi connectivity index (χ3v) is 5.64. The zero-order valence-corrected chi connectivity index (χ0v) is 18.0. The van der Waals surface area contributed by atoms with Gasteiger partial charge in [0, 0.05) is 23.8 Å². The van der Waals surface area contributed by atoms with Crippen molar-refractivity contribution in [3.8, 4) is 11.5 Å². The summed E-state index contributed by atoms with van der Waals surface area (Å²) < 4.78 is 15.7. The monoisotopic (exact) mass is 423 g/mol. The lowest BCUT2D eigenvalue weighted by molar-refractivity contribution is -0.147. The molecule has 1 aromatic rings. The first kappa shape index (κ1) is 23.1. The Morgan fingerprint density at radius 2 is 1.93 bits per heavy atom. The van der Waals surface area contributed by atoms with Crippen LogP contribution in [-0.2, 0) is 19.1 Å². The van der Waals surface area contributed by atoms with Crippen molar-refractivity contribution in [2.75, 3.05) is 25.6 Å². The van der Waals surface area contributed by atoms with E-state index in [2.05, 4.69) is 4.99 Å². The molecule has 0 aromatic heterocycles. The van der Waals surface area contributed by atoms with Gasteiger partial charge in [-0.05, 0) is 52.2 Å². The first-order valence-electron chi connectivity index (χ1n) is 9.91. The maximum atomic E-state index is 12.1. The lowest BCUT2D eigenvalue weighted by Crippen LogP contribution is -2.35. The van der Waals surface area contributed by atoms with Gasteiger partial charge in [0.05, 0.1) is 19.8 Å². The summed E-state index contributed by atoms with van der Waals surface area (Å²) in [6.45, 7) is 6.51. The largest absolute Gasteiger partial charge is 0.507 e. The van der Waals surface area contributed by atoms with E-state index in [1.165, 1.54) is 11.8 Å². The molecule has 1 aromatic carbocycles. The molecular formula is C21H29NO6S. The second-order valence-corrected chi connectivity index (χ2v) is 7.81. The summed E-state index contributed by atoms with van der Waals surface area (Å²) in [5.74, 6) is 0.577. The molecule has 7 nitrogen and oxygen atoms in total. The van der Waals surface area contributed by atoms with Gasteiger partial charge < -0.3 is 19.3 Å². The number of ether oxygens (including phenoxy) is 3. The molecule has 1 atom stereocenters. The van der Waals surface area contributed by atoms with Gasteiger partial charge in [0.2, 0.25) is 0 Å². The van der Waals surface area contributed by atoms with E-state index in [9.17, 15) is 14.7 Å². The molecular weight excluding hydrogens is 394 g/mol. The predicted molar refractivity (Wildman–Crippen MR) is 113 cm³/mol. The van der Waals surface area contributed by atoms with Crippen molar-refractivity contribution in [3.05, 3.63) is 23.8 Å². The summed E-state index contributed by atoms with van der Waals surface area (Å²) in [6.07, 6.45) is 2.86. The molecule has 0 radical (unpaired) electrons. The van der Waals surface area contributed by atoms with E-state index in [-0.39, 0.29) is 17.7 Å². The molecule has 0 fully saturated rings. The summed E-state index contributed by atoms with van der Waals surface area (Å²) >= 11 is 1.42. The minimum absolute atomic E-state index is 0.0594. The second-order valence-electron chi connectivity index (χ2n) is 6.84. The Kier molecular flexibility index (Phi) is 8.82. The first-order chi connectivity index (χ1) is 13.9. The first-order valence-corrected chi connectivity index (χ1v) is 10.9. The van der Waals surface area contributed by atoms with Gasteiger partial charge in [-0.2, -0.15) is 0 Å². The Morgan fingerprint density at radius 3 is 2.62 bits per heavy atom. The molecule has 0 bridgehead atoms. The number of phenols is 1. The fraction of sp³-hybridized carbons (Fsp3) is 0.571. The number of nitrogens with zero attached hydrogens (tertiary/aromatic N) is 1. The third kappa shape index (κ3) is 6.66. The van der Waals surface area contributed by atoms with Crippen LogP contribution in [0.5, 0.6) is 11.5 Å². The molecule has 160 valence electrons. The Hall–Kier alpha value is -2.22. The molecule has 1 heterocycles. The topological polar surface area (TPSA) is 94.4 Å². The SMILES string of the molecule is CCOC(=O)CCCCCOc1ccc(C2=N[C@@](C)(C(=O)OCC)CS2)c(O)c1. The van der Waals surface area contributed by atoms with Gasteiger partial charge in [0.1, 0.15) is 16.5 Å². The van der Waals surface area contributed by atoms with Crippen molar-refractivity contribution in [1.29, 1.82) is 0 Å². The van der Waals surface area contributed by atoms with Gasteiger partial charge in [0.15, 0.2) is 5.54 Å². The maximum Gasteiger partial charge on any atom is 0.334 e. The lowest BCUT2D eigenvalue weighted by Gasteiger charge is -2.16. The van der Waals surface area contributed by atoms with E-state index in [0.717, 1.165) is 19.3 Å².